The second-order valence-electron chi connectivity index (χ2n) is 7.44. The van der Waals surface area contributed by atoms with Crippen LogP contribution >= 0.6 is 24.4 Å². The second-order valence-corrected chi connectivity index (χ2v) is 8.24. The molecule has 3 aromatic rings. The number of aromatic nitrogens is 3. The highest BCUT2D eigenvalue weighted by molar-refractivity contribution is 7.71. The summed E-state index contributed by atoms with van der Waals surface area (Å²) >= 11 is 10.0. The van der Waals surface area contributed by atoms with Crippen molar-refractivity contribution in [3.63, 3.8) is 0 Å². The van der Waals surface area contributed by atoms with E-state index in [0.29, 0.717) is 35.2 Å². The molecular weight excluding hydrogens is 458 g/mol. The number of benzene rings is 2. The normalized spacial score (nSPS) is 15.3. The average Bonchev–Trinajstić information content (AvgIpc) is 3.20. The number of nitrogens with zero attached hydrogens (tertiary/aromatic N) is 2. The number of hydrazine groups is 1. The van der Waals surface area contributed by atoms with Crippen molar-refractivity contribution in [3.8, 4) is 5.75 Å². The summed E-state index contributed by atoms with van der Waals surface area (Å²) in [6, 6.07) is 17.7. The van der Waals surface area contributed by atoms with Gasteiger partial charge in [0.05, 0.1) is 18.2 Å². The topological polar surface area (TPSA) is 110 Å². The predicted octanol–water partition coefficient (Wildman–Crippen LogP) is 3.61. The molecule has 33 heavy (non-hydrogen) atoms. The number of nitrogens with one attached hydrogen (secondary N) is 5. The summed E-state index contributed by atoms with van der Waals surface area (Å²) in [4.78, 5) is 21.8. The number of hydrogen-bond donors (Lipinski definition) is 5. The molecule has 1 aliphatic rings. The second kappa shape index (κ2) is 11.0. The van der Waals surface area contributed by atoms with Gasteiger partial charge in [0.1, 0.15) is 12.5 Å². The monoisotopic (exact) mass is 483 g/mol. The fourth-order valence-electron chi connectivity index (χ4n) is 3.52. The standard InChI is InChI=1S/C22H25N7O2S2/c30-19-13-18(15-5-2-1-3-6-15)29(28-19)16-7-9-17(10-8-16)31-14-23-11-4-12-24-20-25-21(32)27-22(33)26-20/h1-3,5-10,18,23H,4,11-14H2,(H,28,30)(H3,24,25,26,27,32,33). The largest absolute Gasteiger partial charge is 0.478 e. The summed E-state index contributed by atoms with van der Waals surface area (Å²) in [5, 5.41) is 8.30. The van der Waals surface area contributed by atoms with E-state index in [2.05, 4.69) is 31.0 Å². The molecule has 0 radical (unpaired) electrons. The van der Waals surface area contributed by atoms with Crippen molar-refractivity contribution in [2.75, 3.05) is 30.1 Å². The highest BCUT2D eigenvalue weighted by atomic mass is 32.1. The molecule has 1 unspecified atom stereocenters. The molecule has 1 amide bonds. The van der Waals surface area contributed by atoms with E-state index in [4.69, 9.17) is 29.2 Å². The van der Waals surface area contributed by atoms with Crippen molar-refractivity contribution in [3.05, 3.63) is 69.7 Å². The number of H-pyrrole nitrogens is 2. The fourth-order valence-corrected chi connectivity index (χ4v) is 3.97. The molecule has 1 saturated heterocycles. The summed E-state index contributed by atoms with van der Waals surface area (Å²) in [5.74, 6) is 1.32. The lowest BCUT2D eigenvalue weighted by atomic mass is 10.0. The molecule has 1 atom stereocenters. The lowest BCUT2D eigenvalue weighted by Gasteiger charge is -2.26. The Morgan fingerprint density at radius 2 is 1.85 bits per heavy atom. The van der Waals surface area contributed by atoms with Crippen LogP contribution in [0.2, 0.25) is 0 Å². The van der Waals surface area contributed by atoms with Gasteiger partial charge in [-0.25, -0.2) is 0 Å². The molecule has 1 aliphatic heterocycles. The van der Waals surface area contributed by atoms with Crippen LogP contribution in [0.15, 0.2) is 54.6 Å². The Balaban J connectivity index is 1.20. The van der Waals surface area contributed by atoms with Crippen molar-refractivity contribution >= 4 is 42.0 Å². The molecule has 1 fully saturated rings. The zero-order chi connectivity index (χ0) is 23.0. The Morgan fingerprint density at radius 1 is 1.06 bits per heavy atom. The molecule has 0 saturated carbocycles. The maximum Gasteiger partial charge on any atom is 0.241 e. The first-order chi connectivity index (χ1) is 16.1. The van der Waals surface area contributed by atoms with E-state index in [1.807, 2.05) is 59.6 Å². The highest BCUT2D eigenvalue weighted by Crippen LogP contribution is 2.32. The van der Waals surface area contributed by atoms with Gasteiger partial charge in [-0.3, -0.25) is 20.5 Å². The molecule has 2 aromatic carbocycles. The van der Waals surface area contributed by atoms with E-state index in [9.17, 15) is 4.79 Å². The summed E-state index contributed by atoms with van der Waals surface area (Å²) < 4.78 is 6.56. The number of aromatic amines is 2. The number of carbonyl (C=O) groups is 1. The van der Waals surface area contributed by atoms with E-state index < -0.39 is 0 Å². The summed E-state index contributed by atoms with van der Waals surface area (Å²) in [7, 11) is 0. The summed E-state index contributed by atoms with van der Waals surface area (Å²) in [6.07, 6.45) is 1.30. The van der Waals surface area contributed by atoms with Crippen LogP contribution in [0.5, 0.6) is 5.75 Å². The van der Waals surface area contributed by atoms with Gasteiger partial charge in [-0.1, -0.05) is 30.3 Å². The van der Waals surface area contributed by atoms with Gasteiger partial charge in [-0.15, -0.1) is 0 Å². The maximum atomic E-state index is 12.0. The SMILES string of the molecule is O=C1CC(c2ccccc2)N(c2ccc(OCNCCCNc3nc(=S)[nH]c(=S)[nH]3)cc2)N1. The number of ether oxygens (including phenoxy) is 1. The third-order valence-electron chi connectivity index (χ3n) is 5.06. The Morgan fingerprint density at radius 3 is 2.61 bits per heavy atom. The van der Waals surface area contributed by atoms with Gasteiger partial charge >= 0.3 is 0 Å². The van der Waals surface area contributed by atoms with E-state index in [1.54, 1.807) is 0 Å². The number of rotatable bonds is 10. The van der Waals surface area contributed by atoms with Crippen molar-refractivity contribution in [1.29, 1.82) is 0 Å². The van der Waals surface area contributed by atoms with Gasteiger partial charge in [0.2, 0.25) is 16.6 Å². The Bertz CT molecular complexity index is 1150. The number of amides is 1. The molecule has 0 bridgehead atoms. The first-order valence-corrected chi connectivity index (χ1v) is 11.4. The van der Waals surface area contributed by atoms with E-state index in [0.717, 1.165) is 30.0 Å². The molecule has 9 nitrogen and oxygen atoms in total. The third-order valence-corrected chi connectivity index (χ3v) is 5.46. The van der Waals surface area contributed by atoms with Gasteiger partial charge < -0.3 is 20.0 Å². The molecule has 1 aromatic heterocycles. The van der Waals surface area contributed by atoms with E-state index in [-0.39, 0.29) is 11.9 Å². The molecular formula is C22H25N7O2S2. The van der Waals surface area contributed by atoms with Crippen LogP contribution in [0.4, 0.5) is 11.6 Å². The number of carbonyl (C=O) groups excluding carboxylic acids is 1. The minimum atomic E-state index is -0.0297. The molecule has 4 rings (SSSR count). The van der Waals surface area contributed by atoms with E-state index >= 15 is 0 Å². The van der Waals surface area contributed by atoms with Crippen molar-refractivity contribution < 1.29 is 9.53 Å². The van der Waals surface area contributed by atoms with Crippen molar-refractivity contribution in [2.45, 2.75) is 18.9 Å². The first-order valence-electron chi connectivity index (χ1n) is 10.6. The summed E-state index contributed by atoms with van der Waals surface area (Å²) in [5.41, 5.74) is 4.96. The van der Waals surface area contributed by atoms with Gasteiger partial charge in [0, 0.05) is 6.54 Å². The molecule has 11 heteroatoms. The smallest absolute Gasteiger partial charge is 0.241 e. The van der Waals surface area contributed by atoms with Crippen molar-refractivity contribution in [1.82, 2.24) is 25.7 Å². The molecule has 172 valence electrons. The van der Waals surface area contributed by atoms with Gasteiger partial charge in [0.25, 0.3) is 0 Å². The highest BCUT2D eigenvalue weighted by Gasteiger charge is 2.31. The number of anilines is 2. The Labute approximate surface area is 201 Å². The average molecular weight is 484 g/mol. The predicted molar refractivity (Wildman–Crippen MR) is 132 cm³/mol. The number of hydrogen-bond acceptors (Lipinski definition) is 8. The van der Waals surface area contributed by atoms with Gasteiger partial charge in [0.15, 0.2) is 4.77 Å². The molecule has 0 aliphatic carbocycles. The van der Waals surface area contributed by atoms with Gasteiger partial charge in [-0.05, 0) is 67.2 Å². The molecule has 0 spiro atoms. The minimum Gasteiger partial charge on any atom is -0.478 e. The lowest BCUT2D eigenvalue weighted by molar-refractivity contribution is -0.119. The van der Waals surface area contributed by atoms with Crippen LogP contribution < -0.4 is 25.8 Å². The zero-order valence-corrected chi connectivity index (χ0v) is 19.5. The van der Waals surface area contributed by atoms with Crippen LogP contribution in [-0.4, -0.2) is 40.7 Å². The minimum absolute atomic E-state index is 0.0105. The Hall–Kier alpha value is -3.28. The van der Waals surface area contributed by atoms with Crippen LogP contribution in [0.3, 0.4) is 0 Å². The molecule has 2 heterocycles. The fraction of sp³-hybridized carbons (Fsp3) is 0.273. The van der Waals surface area contributed by atoms with Crippen LogP contribution in [0, 0.1) is 9.54 Å². The third kappa shape index (κ3) is 6.37. The summed E-state index contributed by atoms with van der Waals surface area (Å²) in [6.45, 7) is 1.87. The van der Waals surface area contributed by atoms with Crippen LogP contribution in [-0.2, 0) is 4.79 Å². The molecule has 5 N–H and O–H groups in total. The van der Waals surface area contributed by atoms with Crippen LogP contribution in [0.1, 0.15) is 24.4 Å². The quantitative estimate of drug-likeness (QED) is 0.169. The lowest BCUT2D eigenvalue weighted by Crippen LogP contribution is -2.34. The Kier molecular flexibility index (Phi) is 7.66. The maximum absolute atomic E-state index is 12.0. The first kappa shape index (κ1) is 22.9. The zero-order valence-electron chi connectivity index (χ0n) is 17.8. The van der Waals surface area contributed by atoms with Gasteiger partial charge in [-0.2, -0.15) is 4.98 Å². The van der Waals surface area contributed by atoms with Crippen LogP contribution in [0.25, 0.3) is 0 Å². The van der Waals surface area contributed by atoms with Crippen molar-refractivity contribution in [2.24, 2.45) is 0 Å². The van der Waals surface area contributed by atoms with E-state index in [1.165, 1.54) is 0 Å².